The molecule has 1 aromatic carbocycles. The average molecular weight is 292 g/mol. The molecule has 0 aliphatic rings. The maximum Gasteiger partial charge on any atom is 0.101 e. The minimum atomic E-state index is 0.421. The number of thiazole rings is 1. The third-order valence-electron chi connectivity index (χ3n) is 2.81. The molecule has 0 saturated heterocycles. The molecule has 0 unspecified atom stereocenters. The summed E-state index contributed by atoms with van der Waals surface area (Å²) in [5.74, 6) is 0.421. The Bertz CT molecular complexity index is 615. The smallest absolute Gasteiger partial charge is 0.101 e. The number of aryl methyl sites for hydroxylation is 1. The van der Waals surface area contributed by atoms with Gasteiger partial charge in [0.2, 0.25) is 0 Å². The summed E-state index contributed by atoms with van der Waals surface area (Å²) >= 11 is 7.43. The van der Waals surface area contributed by atoms with Crippen molar-refractivity contribution >= 4 is 28.6 Å². The van der Waals surface area contributed by atoms with E-state index in [9.17, 15) is 5.26 Å². The monoisotopic (exact) mass is 291 g/mol. The highest BCUT2D eigenvalue weighted by Gasteiger charge is 2.10. The number of rotatable bonds is 4. The van der Waals surface area contributed by atoms with Crippen LogP contribution in [0.15, 0.2) is 23.6 Å². The predicted molar refractivity (Wildman–Crippen MR) is 79.7 cm³/mol. The number of benzene rings is 1. The van der Waals surface area contributed by atoms with Gasteiger partial charge in [-0.3, -0.25) is 0 Å². The standard InChI is InChI=1S/C14H14ClN3S/c1-10-17-13(9-19-10)8-18(2)14-4-3-11(6-15)5-12(14)7-16/h3-5,9H,6,8H2,1-2H3. The maximum atomic E-state index is 9.22. The van der Waals surface area contributed by atoms with Crippen LogP contribution >= 0.6 is 22.9 Å². The van der Waals surface area contributed by atoms with Crippen LogP contribution in [-0.2, 0) is 12.4 Å². The molecule has 3 nitrogen and oxygen atoms in total. The van der Waals surface area contributed by atoms with Crippen LogP contribution in [0.25, 0.3) is 0 Å². The zero-order chi connectivity index (χ0) is 13.8. The minimum absolute atomic E-state index is 0.421. The Morgan fingerprint density at radius 2 is 2.26 bits per heavy atom. The molecule has 1 heterocycles. The highest BCUT2D eigenvalue weighted by Crippen LogP contribution is 2.23. The van der Waals surface area contributed by atoms with Crippen molar-refractivity contribution in [3.8, 4) is 6.07 Å². The Hall–Kier alpha value is -1.57. The molecule has 0 radical (unpaired) electrons. The molecular weight excluding hydrogens is 278 g/mol. The van der Waals surface area contributed by atoms with Gasteiger partial charge in [0.15, 0.2) is 0 Å². The molecule has 0 amide bonds. The van der Waals surface area contributed by atoms with E-state index in [0.29, 0.717) is 18.0 Å². The molecule has 0 saturated carbocycles. The highest BCUT2D eigenvalue weighted by atomic mass is 35.5. The van der Waals surface area contributed by atoms with Gasteiger partial charge in [-0.15, -0.1) is 22.9 Å². The number of hydrogen-bond acceptors (Lipinski definition) is 4. The second-order valence-corrected chi connectivity index (χ2v) is 5.64. The van der Waals surface area contributed by atoms with E-state index in [1.54, 1.807) is 11.3 Å². The van der Waals surface area contributed by atoms with E-state index in [4.69, 9.17) is 11.6 Å². The molecule has 0 spiro atoms. The molecule has 19 heavy (non-hydrogen) atoms. The Morgan fingerprint density at radius 1 is 1.47 bits per heavy atom. The van der Waals surface area contributed by atoms with Crippen LogP contribution in [0.1, 0.15) is 21.8 Å². The number of hydrogen-bond donors (Lipinski definition) is 0. The molecule has 0 fully saturated rings. The molecule has 98 valence electrons. The van der Waals surface area contributed by atoms with Crippen molar-refractivity contribution in [3.63, 3.8) is 0 Å². The summed E-state index contributed by atoms with van der Waals surface area (Å²) in [5, 5.41) is 12.3. The SMILES string of the molecule is Cc1nc(CN(C)c2ccc(CCl)cc2C#N)cs1. The van der Waals surface area contributed by atoms with Crippen molar-refractivity contribution in [1.82, 2.24) is 4.98 Å². The second-order valence-electron chi connectivity index (χ2n) is 4.31. The molecule has 0 aliphatic carbocycles. The van der Waals surface area contributed by atoms with E-state index < -0.39 is 0 Å². The highest BCUT2D eigenvalue weighted by molar-refractivity contribution is 7.09. The molecular formula is C14H14ClN3S. The number of alkyl halides is 1. The number of nitriles is 1. The molecule has 5 heteroatoms. The fourth-order valence-corrected chi connectivity index (χ4v) is 2.67. The lowest BCUT2D eigenvalue weighted by atomic mass is 10.1. The number of nitrogens with zero attached hydrogens (tertiary/aromatic N) is 3. The van der Waals surface area contributed by atoms with Crippen LogP contribution in [0, 0.1) is 18.3 Å². The normalized spacial score (nSPS) is 10.2. The van der Waals surface area contributed by atoms with E-state index in [1.807, 2.05) is 42.5 Å². The van der Waals surface area contributed by atoms with E-state index in [2.05, 4.69) is 11.1 Å². The predicted octanol–water partition coefficient (Wildman–Crippen LogP) is 3.70. The topological polar surface area (TPSA) is 39.9 Å². The maximum absolute atomic E-state index is 9.22. The van der Waals surface area contributed by atoms with Crippen molar-refractivity contribution in [2.45, 2.75) is 19.3 Å². The molecule has 0 aliphatic heterocycles. The Labute approximate surface area is 122 Å². The molecule has 0 atom stereocenters. The summed E-state index contributed by atoms with van der Waals surface area (Å²) in [6, 6.07) is 7.95. The van der Waals surface area contributed by atoms with Crippen LogP contribution in [0.3, 0.4) is 0 Å². The van der Waals surface area contributed by atoms with Crippen molar-refractivity contribution < 1.29 is 0 Å². The minimum Gasteiger partial charge on any atom is -0.368 e. The third-order valence-corrected chi connectivity index (χ3v) is 3.94. The zero-order valence-corrected chi connectivity index (χ0v) is 12.4. The first-order chi connectivity index (χ1) is 9.13. The Morgan fingerprint density at radius 3 is 2.84 bits per heavy atom. The fraction of sp³-hybridized carbons (Fsp3) is 0.286. The van der Waals surface area contributed by atoms with Crippen LogP contribution in [0.5, 0.6) is 0 Å². The van der Waals surface area contributed by atoms with Gasteiger partial charge in [0.1, 0.15) is 6.07 Å². The van der Waals surface area contributed by atoms with Gasteiger partial charge in [0.05, 0.1) is 28.5 Å². The van der Waals surface area contributed by atoms with E-state index in [0.717, 1.165) is 22.0 Å². The lowest BCUT2D eigenvalue weighted by Gasteiger charge is -2.19. The number of aromatic nitrogens is 1. The first-order valence-corrected chi connectivity index (χ1v) is 7.26. The summed E-state index contributed by atoms with van der Waals surface area (Å²) in [6.45, 7) is 2.68. The summed E-state index contributed by atoms with van der Waals surface area (Å²) in [7, 11) is 1.96. The van der Waals surface area contributed by atoms with Crippen LogP contribution in [-0.4, -0.2) is 12.0 Å². The quantitative estimate of drug-likeness (QED) is 0.807. The zero-order valence-electron chi connectivity index (χ0n) is 10.9. The lowest BCUT2D eigenvalue weighted by Crippen LogP contribution is -2.17. The van der Waals surface area contributed by atoms with Crippen LogP contribution in [0.4, 0.5) is 5.69 Å². The van der Waals surface area contributed by atoms with E-state index in [1.165, 1.54) is 0 Å². The number of anilines is 1. The van der Waals surface area contributed by atoms with Crippen molar-refractivity contribution in [3.05, 3.63) is 45.4 Å². The van der Waals surface area contributed by atoms with Gasteiger partial charge in [0.25, 0.3) is 0 Å². The van der Waals surface area contributed by atoms with Crippen LogP contribution < -0.4 is 4.90 Å². The van der Waals surface area contributed by atoms with Gasteiger partial charge in [-0.2, -0.15) is 5.26 Å². The molecule has 2 aromatic rings. The van der Waals surface area contributed by atoms with Crippen molar-refractivity contribution in [1.29, 1.82) is 5.26 Å². The summed E-state index contributed by atoms with van der Waals surface area (Å²) < 4.78 is 0. The molecule has 1 aromatic heterocycles. The van der Waals surface area contributed by atoms with Gasteiger partial charge in [0, 0.05) is 18.3 Å². The third kappa shape index (κ3) is 3.25. The van der Waals surface area contributed by atoms with Gasteiger partial charge in [-0.1, -0.05) is 6.07 Å². The van der Waals surface area contributed by atoms with Gasteiger partial charge >= 0.3 is 0 Å². The van der Waals surface area contributed by atoms with E-state index in [-0.39, 0.29) is 0 Å². The van der Waals surface area contributed by atoms with Gasteiger partial charge in [-0.25, -0.2) is 4.98 Å². The average Bonchev–Trinajstić information content (AvgIpc) is 2.83. The molecule has 0 bridgehead atoms. The Kier molecular flexibility index (Phi) is 4.41. The summed E-state index contributed by atoms with van der Waals surface area (Å²) in [6.07, 6.45) is 0. The fourth-order valence-electron chi connectivity index (χ4n) is 1.90. The molecule has 2 rings (SSSR count). The summed E-state index contributed by atoms with van der Waals surface area (Å²) in [4.78, 5) is 6.47. The first kappa shape index (κ1) is 13.9. The largest absolute Gasteiger partial charge is 0.368 e. The molecule has 0 N–H and O–H groups in total. The van der Waals surface area contributed by atoms with Gasteiger partial charge < -0.3 is 4.90 Å². The van der Waals surface area contributed by atoms with E-state index >= 15 is 0 Å². The van der Waals surface area contributed by atoms with Crippen molar-refractivity contribution in [2.24, 2.45) is 0 Å². The first-order valence-electron chi connectivity index (χ1n) is 5.85. The number of halogens is 1. The summed E-state index contributed by atoms with van der Waals surface area (Å²) in [5.41, 5.74) is 3.53. The van der Waals surface area contributed by atoms with Crippen molar-refractivity contribution in [2.75, 3.05) is 11.9 Å². The van der Waals surface area contributed by atoms with Gasteiger partial charge in [-0.05, 0) is 24.6 Å². The lowest BCUT2D eigenvalue weighted by molar-refractivity contribution is 0.888. The van der Waals surface area contributed by atoms with Crippen LogP contribution in [0.2, 0.25) is 0 Å². The second kappa shape index (κ2) is 6.05. The Balaban J connectivity index is 2.23.